The van der Waals surface area contributed by atoms with E-state index in [1.807, 2.05) is 97.1 Å². The molecule has 12 nitrogen and oxygen atoms in total. The Morgan fingerprint density at radius 1 is 0.804 bits per heavy atom. The van der Waals surface area contributed by atoms with E-state index in [0.717, 1.165) is 39.1 Å². The quantitative estimate of drug-likeness (QED) is 0.0622. The SMILES string of the molecule is Nc1ccccc1NC(=O)CCCC(=O)NCc1cccc(-c2ccc(C3OC(CSc4nnnn4-c4ccccc4)CC(c4ccc(CO)cc4)O3)cc2)c1. The van der Waals surface area contributed by atoms with Crippen LogP contribution in [0.5, 0.6) is 0 Å². The lowest BCUT2D eigenvalue weighted by Gasteiger charge is -2.36. The molecule has 3 unspecified atom stereocenters. The van der Waals surface area contributed by atoms with Crippen LogP contribution >= 0.6 is 11.8 Å². The average molecular weight is 770 g/mol. The predicted octanol–water partition coefficient (Wildman–Crippen LogP) is 7.17. The fraction of sp³-hybridized carbons (Fsp3) is 0.233. The van der Waals surface area contributed by atoms with Gasteiger partial charge in [-0.1, -0.05) is 109 Å². The van der Waals surface area contributed by atoms with E-state index >= 15 is 0 Å². The first-order chi connectivity index (χ1) is 27.4. The largest absolute Gasteiger partial charge is 0.397 e. The highest BCUT2D eigenvalue weighted by Crippen LogP contribution is 2.40. The molecule has 1 aliphatic rings. The highest BCUT2D eigenvalue weighted by atomic mass is 32.2. The maximum Gasteiger partial charge on any atom is 0.224 e. The van der Waals surface area contributed by atoms with Crippen molar-refractivity contribution >= 4 is 35.0 Å². The number of carbonyl (C=O) groups is 2. The molecule has 56 heavy (non-hydrogen) atoms. The number of ether oxygens (including phenoxy) is 2. The number of tetrazole rings is 1. The summed E-state index contributed by atoms with van der Waals surface area (Å²) in [5.41, 5.74) is 13.6. The van der Waals surface area contributed by atoms with Crippen LogP contribution < -0.4 is 16.4 Å². The Bertz CT molecular complexity index is 2220. The smallest absolute Gasteiger partial charge is 0.224 e. The first-order valence-corrected chi connectivity index (χ1v) is 19.5. The van der Waals surface area contributed by atoms with Crippen molar-refractivity contribution in [3.05, 3.63) is 150 Å². The van der Waals surface area contributed by atoms with Crippen molar-refractivity contribution in [3.63, 3.8) is 0 Å². The van der Waals surface area contributed by atoms with Gasteiger partial charge in [-0.05, 0) is 75.0 Å². The summed E-state index contributed by atoms with van der Waals surface area (Å²) in [5.74, 6) is 0.314. The summed E-state index contributed by atoms with van der Waals surface area (Å²) in [6.45, 7) is 0.351. The van der Waals surface area contributed by atoms with Crippen LogP contribution in [0.3, 0.4) is 0 Å². The number of carbonyl (C=O) groups excluding carboxylic acids is 2. The zero-order valence-corrected chi connectivity index (χ0v) is 31.5. The fourth-order valence-electron chi connectivity index (χ4n) is 6.41. The minimum absolute atomic E-state index is 0.0230. The van der Waals surface area contributed by atoms with Gasteiger partial charge in [-0.2, -0.15) is 4.68 Å². The van der Waals surface area contributed by atoms with E-state index in [0.29, 0.717) is 41.7 Å². The second-order valence-corrected chi connectivity index (χ2v) is 14.4. The van der Waals surface area contributed by atoms with Crippen molar-refractivity contribution in [2.45, 2.75) is 62.5 Å². The standard InChI is InChI=1S/C43H43N7O5S/c44-37-12-4-5-13-38(37)46-41(53)15-7-14-40(52)45-26-30-8-6-9-34(24-30)31-20-22-33(23-21-31)42-54-36(25-39(55-42)32-18-16-29(27-51)17-19-32)28-56-43-47-48-49-50(43)35-10-2-1-3-11-35/h1-6,8-13,16-24,36,39,42,51H,7,14-15,25-28,44H2,(H,45,52)(H,46,53). The molecule has 1 aliphatic heterocycles. The molecule has 6 aromatic rings. The molecule has 0 spiro atoms. The third-order valence-corrected chi connectivity index (χ3v) is 10.5. The molecule has 0 bridgehead atoms. The number of rotatable bonds is 15. The van der Waals surface area contributed by atoms with Crippen LogP contribution in [0, 0.1) is 0 Å². The lowest BCUT2D eigenvalue weighted by atomic mass is 9.99. The summed E-state index contributed by atoms with van der Waals surface area (Å²) in [5, 5.41) is 28.4. The van der Waals surface area contributed by atoms with E-state index in [2.05, 4.69) is 32.2 Å². The molecule has 2 heterocycles. The minimum Gasteiger partial charge on any atom is -0.397 e. The first kappa shape index (κ1) is 38.4. The number of para-hydroxylation sites is 3. The van der Waals surface area contributed by atoms with Crippen molar-refractivity contribution < 1.29 is 24.2 Å². The molecule has 5 aromatic carbocycles. The molecular weight excluding hydrogens is 727 g/mol. The molecule has 1 aromatic heterocycles. The van der Waals surface area contributed by atoms with Crippen molar-refractivity contribution in [1.82, 2.24) is 25.5 Å². The molecule has 1 saturated heterocycles. The highest BCUT2D eigenvalue weighted by molar-refractivity contribution is 7.99. The van der Waals surface area contributed by atoms with Gasteiger partial charge in [-0.15, -0.1) is 5.10 Å². The summed E-state index contributed by atoms with van der Waals surface area (Å²) < 4.78 is 14.9. The van der Waals surface area contributed by atoms with Crippen molar-refractivity contribution in [2.24, 2.45) is 0 Å². The Morgan fingerprint density at radius 2 is 1.55 bits per heavy atom. The summed E-state index contributed by atoms with van der Waals surface area (Å²) in [7, 11) is 0. The molecular formula is C43H43N7O5S. The second-order valence-electron chi connectivity index (χ2n) is 13.5. The van der Waals surface area contributed by atoms with Crippen LogP contribution in [-0.4, -0.2) is 49.0 Å². The van der Waals surface area contributed by atoms with Gasteiger partial charge in [-0.3, -0.25) is 9.59 Å². The molecule has 13 heteroatoms. The number of nitrogen functional groups attached to an aromatic ring is 1. The number of nitrogens with one attached hydrogen (secondary N) is 2. The minimum atomic E-state index is -0.611. The molecule has 0 radical (unpaired) electrons. The summed E-state index contributed by atoms with van der Waals surface area (Å²) >= 11 is 1.53. The van der Waals surface area contributed by atoms with Gasteiger partial charge >= 0.3 is 0 Å². The zero-order chi connectivity index (χ0) is 38.7. The first-order valence-electron chi connectivity index (χ1n) is 18.5. The van der Waals surface area contributed by atoms with Crippen LogP contribution in [0.15, 0.2) is 133 Å². The average Bonchev–Trinajstić information content (AvgIpc) is 3.72. The number of aromatic nitrogens is 4. The molecule has 286 valence electrons. The van der Waals surface area contributed by atoms with Gasteiger partial charge in [0, 0.05) is 37.1 Å². The normalized spacial score (nSPS) is 16.6. The lowest BCUT2D eigenvalue weighted by molar-refractivity contribution is -0.245. The number of aliphatic hydroxyl groups is 1. The number of amides is 2. The molecule has 3 atom stereocenters. The van der Waals surface area contributed by atoms with E-state index in [1.165, 1.54) is 11.8 Å². The Kier molecular flexibility index (Phi) is 12.8. The molecule has 1 fully saturated rings. The number of hydrogen-bond acceptors (Lipinski definition) is 10. The Morgan fingerprint density at radius 3 is 2.34 bits per heavy atom. The number of aliphatic hydroxyl groups excluding tert-OH is 1. The van der Waals surface area contributed by atoms with Gasteiger partial charge in [0.2, 0.25) is 17.0 Å². The maximum atomic E-state index is 12.6. The van der Waals surface area contributed by atoms with E-state index in [-0.39, 0.29) is 43.5 Å². The lowest BCUT2D eigenvalue weighted by Crippen LogP contribution is -2.31. The van der Waals surface area contributed by atoms with Gasteiger partial charge in [0.25, 0.3) is 0 Å². The molecule has 0 aliphatic carbocycles. The summed E-state index contributed by atoms with van der Waals surface area (Å²) in [6, 6.07) is 40.9. The number of hydrogen-bond donors (Lipinski definition) is 4. The van der Waals surface area contributed by atoms with E-state index in [4.69, 9.17) is 15.2 Å². The van der Waals surface area contributed by atoms with E-state index < -0.39 is 6.29 Å². The van der Waals surface area contributed by atoms with Crippen molar-refractivity contribution in [1.29, 1.82) is 0 Å². The van der Waals surface area contributed by atoms with E-state index in [1.54, 1.807) is 28.9 Å². The summed E-state index contributed by atoms with van der Waals surface area (Å²) in [6.07, 6.45) is 0.518. The Hall–Kier alpha value is -5.86. The van der Waals surface area contributed by atoms with Crippen molar-refractivity contribution in [3.8, 4) is 16.8 Å². The zero-order valence-electron chi connectivity index (χ0n) is 30.7. The third-order valence-electron chi connectivity index (χ3n) is 9.43. The summed E-state index contributed by atoms with van der Waals surface area (Å²) in [4.78, 5) is 24.9. The van der Waals surface area contributed by atoms with Crippen LogP contribution in [0.1, 0.15) is 60.3 Å². The number of benzene rings is 5. The van der Waals surface area contributed by atoms with Crippen LogP contribution in [0.4, 0.5) is 11.4 Å². The van der Waals surface area contributed by atoms with E-state index in [9.17, 15) is 14.7 Å². The Labute approximate surface area is 329 Å². The maximum absolute atomic E-state index is 12.6. The van der Waals surface area contributed by atoms with Gasteiger partial charge in [0.15, 0.2) is 6.29 Å². The number of nitrogens with two attached hydrogens (primary N) is 1. The second kappa shape index (κ2) is 18.7. The number of nitrogens with zero attached hydrogens (tertiary/aromatic N) is 4. The fourth-order valence-corrected chi connectivity index (χ4v) is 7.31. The van der Waals surface area contributed by atoms with Crippen LogP contribution in [0.2, 0.25) is 0 Å². The van der Waals surface area contributed by atoms with Crippen LogP contribution in [0.25, 0.3) is 16.8 Å². The van der Waals surface area contributed by atoms with Gasteiger partial charge in [0.1, 0.15) is 0 Å². The van der Waals surface area contributed by atoms with Crippen molar-refractivity contribution in [2.75, 3.05) is 16.8 Å². The highest BCUT2D eigenvalue weighted by Gasteiger charge is 2.32. The van der Waals surface area contributed by atoms with Gasteiger partial charge < -0.3 is 30.9 Å². The molecule has 2 amide bonds. The molecule has 7 rings (SSSR count). The number of thioether (sulfide) groups is 1. The molecule has 0 saturated carbocycles. The van der Waals surface area contributed by atoms with Gasteiger partial charge in [-0.25, -0.2) is 0 Å². The topological polar surface area (TPSA) is 167 Å². The van der Waals surface area contributed by atoms with Gasteiger partial charge in [0.05, 0.1) is 35.9 Å². The number of anilines is 2. The Balaban J connectivity index is 0.964. The molecule has 5 N–H and O–H groups in total. The monoisotopic (exact) mass is 769 g/mol. The predicted molar refractivity (Wildman–Crippen MR) is 215 cm³/mol. The van der Waals surface area contributed by atoms with Crippen LogP contribution in [-0.2, 0) is 32.2 Å². The third kappa shape index (κ3) is 10.1.